The van der Waals surface area contributed by atoms with Gasteiger partial charge in [-0.25, -0.2) is 0 Å². The Hall–Kier alpha value is -3.90. The highest BCUT2D eigenvalue weighted by Crippen LogP contribution is 2.36. The Balaban J connectivity index is 1.46. The predicted octanol–water partition coefficient (Wildman–Crippen LogP) is 5.51. The fraction of sp³-hybridized carbons (Fsp3) is 0.267. The third-order valence-electron chi connectivity index (χ3n) is 5.82. The van der Waals surface area contributed by atoms with Gasteiger partial charge in [0.05, 0.1) is 18.3 Å². The minimum atomic E-state index is -0.209. The number of carbonyl (C=O) groups excluding carboxylic acids is 2. The SMILES string of the molecule is Cc1ccc(CN2C(=O)/C(=C\c3ccc(C(=O)NCCCOC(C)C)cc3)Oc3ccccc32)cc1. The van der Waals surface area contributed by atoms with Crippen molar-refractivity contribution in [2.75, 3.05) is 18.1 Å². The number of rotatable bonds is 9. The fourth-order valence-electron chi connectivity index (χ4n) is 3.87. The number of amides is 2. The molecule has 3 aromatic carbocycles. The third-order valence-corrected chi connectivity index (χ3v) is 5.82. The summed E-state index contributed by atoms with van der Waals surface area (Å²) in [6.07, 6.45) is 2.66. The number of hydrogen-bond acceptors (Lipinski definition) is 4. The number of benzene rings is 3. The van der Waals surface area contributed by atoms with Crippen LogP contribution < -0.4 is 15.0 Å². The third kappa shape index (κ3) is 6.40. The number of carbonyl (C=O) groups is 2. The lowest BCUT2D eigenvalue weighted by Crippen LogP contribution is -2.36. The van der Waals surface area contributed by atoms with E-state index in [-0.39, 0.29) is 23.7 Å². The maximum Gasteiger partial charge on any atom is 0.294 e. The van der Waals surface area contributed by atoms with Gasteiger partial charge in [0, 0.05) is 18.7 Å². The van der Waals surface area contributed by atoms with E-state index in [0.717, 1.165) is 23.2 Å². The zero-order chi connectivity index (χ0) is 25.5. The summed E-state index contributed by atoms with van der Waals surface area (Å²) >= 11 is 0. The number of aryl methyl sites for hydroxylation is 1. The molecule has 3 aromatic rings. The molecule has 0 bridgehead atoms. The molecular weight excluding hydrogens is 452 g/mol. The first-order chi connectivity index (χ1) is 17.4. The van der Waals surface area contributed by atoms with Crippen molar-refractivity contribution in [3.05, 3.63) is 101 Å². The maximum absolute atomic E-state index is 13.4. The van der Waals surface area contributed by atoms with Crippen LogP contribution in [0, 0.1) is 6.92 Å². The van der Waals surface area contributed by atoms with Crippen LogP contribution in [-0.2, 0) is 16.1 Å². The van der Waals surface area contributed by atoms with Crippen molar-refractivity contribution in [2.45, 2.75) is 39.8 Å². The first-order valence-corrected chi connectivity index (χ1v) is 12.3. The number of ether oxygens (including phenoxy) is 2. The second-order valence-electron chi connectivity index (χ2n) is 9.11. The minimum Gasteiger partial charge on any atom is -0.449 e. The first kappa shape index (κ1) is 25.2. The largest absolute Gasteiger partial charge is 0.449 e. The van der Waals surface area contributed by atoms with Crippen LogP contribution in [0.2, 0.25) is 0 Å². The van der Waals surface area contributed by atoms with Crippen LogP contribution in [0.25, 0.3) is 6.08 Å². The summed E-state index contributed by atoms with van der Waals surface area (Å²) in [5.74, 6) is 0.526. The van der Waals surface area contributed by atoms with E-state index in [0.29, 0.717) is 31.0 Å². The second-order valence-corrected chi connectivity index (χ2v) is 9.11. The van der Waals surface area contributed by atoms with Gasteiger partial charge in [0.1, 0.15) is 0 Å². The molecule has 2 amide bonds. The number of anilines is 1. The molecule has 36 heavy (non-hydrogen) atoms. The van der Waals surface area contributed by atoms with Crippen LogP contribution in [0.3, 0.4) is 0 Å². The van der Waals surface area contributed by atoms with Crippen LogP contribution in [0.1, 0.15) is 47.3 Å². The number of nitrogens with zero attached hydrogens (tertiary/aromatic N) is 1. The lowest BCUT2D eigenvalue weighted by atomic mass is 10.1. The molecular formula is C30H32N2O4. The van der Waals surface area contributed by atoms with Crippen molar-refractivity contribution in [3.63, 3.8) is 0 Å². The monoisotopic (exact) mass is 484 g/mol. The number of hydrogen-bond donors (Lipinski definition) is 1. The molecule has 4 rings (SSSR count). The Morgan fingerprint density at radius 3 is 2.47 bits per heavy atom. The summed E-state index contributed by atoms with van der Waals surface area (Å²) in [6.45, 7) is 7.62. The van der Waals surface area contributed by atoms with Gasteiger partial charge in [-0.1, -0.05) is 54.1 Å². The van der Waals surface area contributed by atoms with E-state index in [9.17, 15) is 9.59 Å². The summed E-state index contributed by atoms with van der Waals surface area (Å²) in [5, 5.41) is 2.90. The van der Waals surface area contributed by atoms with Crippen molar-refractivity contribution >= 4 is 23.6 Å². The summed E-state index contributed by atoms with van der Waals surface area (Å²) in [4.78, 5) is 27.6. The Bertz CT molecular complexity index is 1230. The summed E-state index contributed by atoms with van der Waals surface area (Å²) in [6, 6.07) is 22.8. The molecule has 0 spiro atoms. The predicted molar refractivity (Wildman–Crippen MR) is 142 cm³/mol. The van der Waals surface area contributed by atoms with Crippen molar-refractivity contribution in [3.8, 4) is 5.75 Å². The van der Waals surface area contributed by atoms with Gasteiger partial charge in [-0.3, -0.25) is 14.5 Å². The Kier molecular flexibility index (Phi) is 8.18. The smallest absolute Gasteiger partial charge is 0.294 e. The van der Waals surface area contributed by atoms with Gasteiger partial charge >= 0.3 is 0 Å². The van der Waals surface area contributed by atoms with Crippen molar-refractivity contribution < 1.29 is 19.1 Å². The molecule has 1 aliphatic heterocycles. The quantitative estimate of drug-likeness (QED) is 0.321. The van der Waals surface area contributed by atoms with E-state index in [1.54, 1.807) is 23.1 Å². The average molecular weight is 485 g/mol. The fourth-order valence-corrected chi connectivity index (χ4v) is 3.87. The van der Waals surface area contributed by atoms with Crippen molar-refractivity contribution in [2.24, 2.45) is 0 Å². The minimum absolute atomic E-state index is 0.137. The van der Waals surface area contributed by atoms with Crippen molar-refractivity contribution in [1.82, 2.24) is 5.32 Å². The topological polar surface area (TPSA) is 67.9 Å². The first-order valence-electron chi connectivity index (χ1n) is 12.3. The molecule has 0 fully saturated rings. The molecule has 6 heteroatoms. The number of nitrogens with one attached hydrogen (secondary N) is 1. The van der Waals surface area contributed by atoms with Gasteiger partial charge in [-0.2, -0.15) is 0 Å². The normalized spacial score (nSPS) is 14.1. The summed E-state index contributed by atoms with van der Waals surface area (Å²) in [7, 11) is 0. The summed E-state index contributed by atoms with van der Waals surface area (Å²) < 4.78 is 11.5. The standard InChI is InChI=1S/C30H32N2O4/c1-21(2)35-18-6-17-31-29(33)25-15-13-23(14-16-25)19-28-30(34)32(20-24-11-9-22(3)10-12-24)26-7-4-5-8-27(26)36-28/h4-5,7-16,19,21H,6,17-18,20H2,1-3H3,(H,31,33)/b28-19+. The lowest BCUT2D eigenvalue weighted by molar-refractivity contribution is -0.117. The Labute approximate surface area is 212 Å². The zero-order valence-corrected chi connectivity index (χ0v) is 21.0. The number of para-hydroxylation sites is 2. The van der Waals surface area contributed by atoms with Crippen LogP contribution in [-0.4, -0.2) is 31.1 Å². The van der Waals surface area contributed by atoms with E-state index in [2.05, 4.69) is 5.32 Å². The molecule has 1 heterocycles. The van der Waals surface area contributed by atoms with Gasteiger partial charge in [-0.05, 0) is 68.7 Å². The average Bonchev–Trinajstić information content (AvgIpc) is 2.87. The van der Waals surface area contributed by atoms with Crippen LogP contribution in [0.15, 0.2) is 78.6 Å². The van der Waals surface area contributed by atoms with E-state index >= 15 is 0 Å². The molecule has 1 N–H and O–H groups in total. The van der Waals surface area contributed by atoms with E-state index < -0.39 is 0 Å². The van der Waals surface area contributed by atoms with Crippen LogP contribution in [0.5, 0.6) is 5.75 Å². The molecule has 0 saturated heterocycles. The van der Waals surface area contributed by atoms with E-state index in [1.807, 2.05) is 81.4 Å². The van der Waals surface area contributed by atoms with Gasteiger partial charge in [0.15, 0.2) is 11.5 Å². The lowest BCUT2D eigenvalue weighted by Gasteiger charge is -2.30. The van der Waals surface area contributed by atoms with Crippen LogP contribution in [0.4, 0.5) is 5.69 Å². The molecule has 186 valence electrons. The second kappa shape index (κ2) is 11.7. The zero-order valence-electron chi connectivity index (χ0n) is 21.0. The highest BCUT2D eigenvalue weighted by Gasteiger charge is 2.30. The molecule has 1 aliphatic rings. The van der Waals surface area contributed by atoms with Gasteiger partial charge in [0.25, 0.3) is 11.8 Å². The highest BCUT2D eigenvalue weighted by molar-refractivity contribution is 6.09. The molecule has 0 saturated carbocycles. The molecule has 0 atom stereocenters. The Morgan fingerprint density at radius 2 is 1.75 bits per heavy atom. The van der Waals surface area contributed by atoms with E-state index in [1.165, 1.54) is 5.56 Å². The molecule has 6 nitrogen and oxygen atoms in total. The number of fused-ring (bicyclic) bond motifs is 1. The van der Waals surface area contributed by atoms with E-state index in [4.69, 9.17) is 9.47 Å². The van der Waals surface area contributed by atoms with Gasteiger partial charge in [0.2, 0.25) is 0 Å². The highest BCUT2D eigenvalue weighted by atomic mass is 16.5. The van der Waals surface area contributed by atoms with Gasteiger partial charge in [-0.15, -0.1) is 0 Å². The molecule has 0 aromatic heterocycles. The molecule has 0 unspecified atom stereocenters. The molecule has 0 radical (unpaired) electrons. The van der Waals surface area contributed by atoms with Crippen LogP contribution >= 0.6 is 0 Å². The summed E-state index contributed by atoms with van der Waals surface area (Å²) in [5.41, 5.74) is 4.28. The van der Waals surface area contributed by atoms with Gasteiger partial charge < -0.3 is 14.8 Å². The van der Waals surface area contributed by atoms with Crippen molar-refractivity contribution in [1.29, 1.82) is 0 Å². The maximum atomic E-state index is 13.4. The molecule has 0 aliphatic carbocycles. The Morgan fingerprint density at radius 1 is 1.03 bits per heavy atom.